The van der Waals surface area contributed by atoms with Crippen LogP contribution in [0.25, 0.3) is 0 Å². The lowest BCUT2D eigenvalue weighted by Gasteiger charge is -2.18. The number of rotatable bonds is 6. The van der Waals surface area contributed by atoms with Crippen LogP contribution in [0.3, 0.4) is 0 Å². The zero-order valence-corrected chi connectivity index (χ0v) is 16.1. The van der Waals surface area contributed by atoms with Crippen LogP contribution in [0.15, 0.2) is 41.2 Å². The highest BCUT2D eigenvalue weighted by molar-refractivity contribution is 5.79. The molecular formula is C21H26N2O4. The van der Waals surface area contributed by atoms with Crippen LogP contribution in [-0.4, -0.2) is 41.2 Å². The summed E-state index contributed by atoms with van der Waals surface area (Å²) in [5.41, 5.74) is 1.72. The fraction of sp³-hybridized carbons (Fsp3) is 0.429. The van der Waals surface area contributed by atoms with Crippen molar-refractivity contribution in [2.45, 2.75) is 32.8 Å². The molecule has 144 valence electrons. The fourth-order valence-corrected chi connectivity index (χ4v) is 3.20. The third-order valence-corrected chi connectivity index (χ3v) is 4.87. The van der Waals surface area contributed by atoms with Crippen LogP contribution >= 0.6 is 0 Å². The van der Waals surface area contributed by atoms with E-state index in [-0.39, 0.29) is 17.6 Å². The topological polar surface area (TPSA) is 60.8 Å². The lowest BCUT2D eigenvalue weighted by molar-refractivity contribution is -0.129. The van der Waals surface area contributed by atoms with Crippen molar-refractivity contribution >= 4 is 5.91 Å². The van der Waals surface area contributed by atoms with E-state index >= 15 is 0 Å². The molecule has 1 aliphatic heterocycles. The van der Waals surface area contributed by atoms with Crippen LogP contribution < -0.4 is 15.0 Å². The number of aryl methyl sites for hydroxylation is 1. The third kappa shape index (κ3) is 4.70. The van der Waals surface area contributed by atoms with Gasteiger partial charge >= 0.3 is 0 Å². The van der Waals surface area contributed by atoms with Crippen molar-refractivity contribution < 1.29 is 14.3 Å². The first-order valence-corrected chi connectivity index (χ1v) is 9.30. The van der Waals surface area contributed by atoms with E-state index in [1.54, 1.807) is 11.6 Å². The lowest BCUT2D eigenvalue weighted by atomic mass is 10.1. The fourth-order valence-electron chi connectivity index (χ4n) is 3.20. The van der Waals surface area contributed by atoms with Gasteiger partial charge in [-0.1, -0.05) is 12.1 Å². The van der Waals surface area contributed by atoms with Gasteiger partial charge in [-0.2, -0.15) is 0 Å². The van der Waals surface area contributed by atoms with E-state index in [9.17, 15) is 9.59 Å². The quantitative estimate of drug-likeness (QED) is 0.783. The summed E-state index contributed by atoms with van der Waals surface area (Å²) in [5, 5.41) is 0. The van der Waals surface area contributed by atoms with Crippen molar-refractivity contribution in [2.24, 2.45) is 7.05 Å². The number of aromatic nitrogens is 1. The molecule has 1 unspecified atom stereocenters. The molecule has 1 atom stereocenters. The number of pyridine rings is 1. The Morgan fingerprint density at radius 2 is 1.93 bits per heavy atom. The minimum Gasteiger partial charge on any atom is -0.494 e. The molecule has 1 fully saturated rings. The Kier molecular flexibility index (Phi) is 5.84. The summed E-state index contributed by atoms with van der Waals surface area (Å²) in [7, 11) is 1.73. The van der Waals surface area contributed by atoms with Crippen molar-refractivity contribution in [3.05, 3.63) is 58.0 Å². The molecule has 2 heterocycles. The van der Waals surface area contributed by atoms with Crippen molar-refractivity contribution in [1.82, 2.24) is 9.47 Å². The van der Waals surface area contributed by atoms with Crippen molar-refractivity contribution in [2.75, 3.05) is 19.7 Å². The predicted molar refractivity (Wildman–Crippen MR) is 103 cm³/mol. The summed E-state index contributed by atoms with van der Waals surface area (Å²) < 4.78 is 12.9. The first-order valence-electron chi connectivity index (χ1n) is 9.30. The Morgan fingerprint density at radius 1 is 1.19 bits per heavy atom. The normalized spacial score (nSPS) is 16.4. The van der Waals surface area contributed by atoms with Crippen LogP contribution in [0, 0.1) is 6.92 Å². The standard InChI is InChI=1S/C21H26N2O4/c1-4-26-17-7-5-16(6-8-17)12-21(25)23-10-9-18(14-23)27-19-11-15(2)22(3)20(24)13-19/h5-8,11,13,18H,4,9-10,12,14H2,1-3H3. The van der Waals surface area contributed by atoms with E-state index in [1.165, 1.54) is 6.07 Å². The molecule has 0 aliphatic carbocycles. The molecule has 3 rings (SSSR count). The molecule has 0 radical (unpaired) electrons. The van der Waals surface area contributed by atoms with Crippen LogP contribution in [0.5, 0.6) is 11.5 Å². The number of amides is 1. The number of ether oxygens (including phenoxy) is 2. The number of likely N-dealkylation sites (tertiary alicyclic amines) is 1. The largest absolute Gasteiger partial charge is 0.494 e. The lowest BCUT2D eigenvalue weighted by Crippen LogP contribution is -2.32. The summed E-state index contributed by atoms with van der Waals surface area (Å²) in [4.78, 5) is 26.3. The van der Waals surface area contributed by atoms with Gasteiger partial charge in [-0.25, -0.2) is 0 Å². The van der Waals surface area contributed by atoms with E-state index in [1.807, 2.05) is 49.1 Å². The molecule has 1 saturated heterocycles. The molecule has 1 amide bonds. The second-order valence-electron chi connectivity index (χ2n) is 6.85. The molecule has 27 heavy (non-hydrogen) atoms. The Balaban J connectivity index is 1.55. The maximum Gasteiger partial charge on any atom is 0.254 e. The number of hydrogen-bond acceptors (Lipinski definition) is 4. The van der Waals surface area contributed by atoms with Gasteiger partial charge in [0.15, 0.2) is 0 Å². The molecular weight excluding hydrogens is 344 g/mol. The highest BCUT2D eigenvalue weighted by Crippen LogP contribution is 2.19. The zero-order valence-electron chi connectivity index (χ0n) is 16.1. The maximum atomic E-state index is 12.6. The highest BCUT2D eigenvalue weighted by Gasteiger charge is 2.27. The number of carbonyl (C=O) groups excluding carboxylic acids is 1. The average Bonchev–Trinajstić information content (AvgIpc) is 3.10. The summed E-state index contributed by atoms with van der Waals surface area (Å²) in [6.45, 7) is 5.66. The second-order valence-corrected chi connectivity index (χ2v) is 6.85. The minimum atomic E-state index is -0.0913. The summed E-state index contributed by atoms with van der Waals surface area (Å²) in [5.74, 6) is 1.47. The Hall–Kier alpha value is -2.76. The molecule has 1 aromatic heterocycles. The van der Waals surface area contributed by atoms with E-state index in [4.69, 9.17) is 9.47 Å². The van der Waals surface area contributed by atoms with Gasteiger partial charge in [-0.05, 0) is 37.6 Å². The number of hydrogen-bond donors (Lipinski definition) is 0. The van der Waals surface area contributed by atoms with Crippen LogP contribution in [-0.2, 0) is 18.3 Å². The SMILES string of the molecule is CCOc1ccc(CC(=O)N2CCC(Oc3cc(C)n(C)c(=O)c3)C2)cc1. The predicted octanol–water partition coefficient (Wildman–Crippen LogP) is 2.31. The molecule has 0 N–H and O–H groups in total. The van der Waals surface area contributed by atoms with Crippen LogP contribution in [0.2, 0.25) is 0 Å². The van der Waals surface area contributed by atoms with Gasteiger partial charge in [-0.3, -0.25) is 9.59 Å². The Morgan fingerprint density at radius 3 is 2.59 bits per heavy atom. The molecule has 0 bridgehead atoms. The molecule has 1 aromatic carbocycles. The first-order chi connectivity index (χ1) is 13.0. The molecule has 2 aromatic rings. The second kappa shape index (κ2) is 8.29. The number of nitrogens with zero attached hydrogens (tertiary/aromatic N) is 2. The van der Waals surface area contributed by atoms with E-state index in [0.717, 1.165) is 23.4 Å². The molecule has 6 nitrogen and oxygen atoms in total. The van der Waals surface area contributed by atoms with Gasteiger partial charge in [0.1, 0.15) is 17.6 Å². The van der Waals surface area contributed by atoms with Crippen molar-refractivity contribution in [3.63, 3.8) is 0 Å². The van der Waals surface area contributed by atoms with Crippen LogP contribution in [0.1, 0.15) is 24.6 Å². The monoisotopic (exact) mass is 370 g/mol. The smallest absolute Gasteiger partial charge is 0.254 e. The average molecular weight is 370 g/mol. The van der Waals surface area contributed by atoms with Crippen molar-refractivity contribution in [1.29, 1.82) is 0 Å². The summed E-state index contributed by atoms with van der Waals surface area (Å²) in [6, 6.07) is 11.0. The van der Waals surface area contributed by atoms with Gasteiger partial charge in [0.25, 0.3) is 5.56 Å². The van der Waals surface area contributed by atoms with Gasteiger partial charge in [0.2, 0.25) is 5.91 Å². The zero-order chi connectivity index (χ0) is 19.4. The van der Waals surface area contributed by atoms with Crippen molar-refractivity contribution in [3.8, 4) is 11.5 Å². The van der Waals surface area contributed by atoms with Crippen LogP contribution in [0.4, 0.5) is 0 Å². The molecule has 0 saturated carbocycles. The molecule has 0 spiro atoms. The first kappa shape index (κ1) is 19.0. The Bertz CT molecular complexity index is 857. The van der Waals surface area contributed by atoms with Gasteiger partial charge in [0.05, 0.1) is 19.6 Å². The highest BCUT2D eigenvalue weighted by atomic mass is 16.5. The number of carbonyl (C=O) groups is 1. The number of benzene rings is 1. The third-order valence-electron chi connectivity index (χ3n) is 4.87. The van der Waals surface area contributed by atoms with E-state index in [0.29, 0.717) is 31.9 Å². The van der Waals surface area contributed by atoms with Gasteiger partial charge in [-0.15, -0.1) is 0 Å². The summed E-state index contributed by atoms with van der Waals surface area (Å²) >= 11 is 0. The summed E-state index contributed by atoms with van der Waals surface area (Å²) in [6.07, 6.45) is 1.05. The molecule has 6 heteroatoms. The van der Waals surface area contributed by atoms with Gasteiger partial charge in [0, 0.05) is 31.8 Å². The van der Waals surface area contributed by atoms with Gasteiger partial charge < -0.3 is 18.9 Å². The van der Waals surface area contributed by atoms with E-state index in [2.05, 4.69) is 0 Å². The Labute approximate surface area is 159 Å². The van der Waals surface area contributed by atoms with E-state index < -0.39 is 0 Å². The molecule has 1 aliphatic rings. The maximum absolute atomic E-state index is 12.6. The minimum absolute atomic E-state index is 0.0826.